The van der Waals surface area contributed by atoms with Crippen molar-refractivity contribution in [3.05, 3.63) is 29.3 Å². The molecule has 17 heavy (non-hydrogen) atoms. The molecule has 0 bridgehead atoms. The smallest absolute Gasteiger partial charge is 0.0834 e. The summed E-state index contributed by atoms with van der Waals surface area (Å²) in [4.78, 5) is 0. The molecule has 0 saturated carbocycles. The zero-order valence-electron chi connectivity index (χ0n) is 10.9. The maximum atomic E-state index is 6.06. The van der Waals surface area contributed by atoms with Crippen LogP contribution in [-0.2, 0) is 4.74 Å². The first kappa shape index (κ1) is 12.7. The van der Waals surface area contributed by atoms with Crippen molar-refractivity contribution in [1.29, 1.82) is 0 Å². The summed E-state index contributed by atoms with van der Waals surface area (Å²) in [6.07, 6.45) is 0.993. The molecule has 1 aromatic rings. The second-order valence-corrected chi connectivity index (χ2v) is 6.31. The maximum absolute atomic E-state index is 6.06. The van der Waals surface area contributed by atoms with Gasteiger partial charge in [0, 0.05) is 10.7 Å². The molecule has 1 atom stereocenters. The van der Waals surface area contributed by atoms with Gasteiger partial charge in [-0.15, -0.1) is 0 Å². The molecule has 2 nitrogen and oxygen atoms in total. The van der Waals surface area contributed by atoms with Crippen LogP contribution in [0, 0.1) is 0 Å². The Labute approximate surface area is 108 Å². The van der Waals surface area contributed by atoms with Crippen molar-refractivity contribution < 1.29 is 4.74 Å². The Morgan fingerprint density at radius 1 is 1.29 bits per heavy atom. The van der Waals surface area contributed by atoms with Gasteiger partial charge < -0.3 is 10.1 Å². The van der Waals surface area contributed by atoms with Gasteiger partial charge in [-0.1, -0.05) is 17.7 Å². The topological polar surface area (TPSA) is 21.3 Å². The lowest BCUT2D eigenvalue weighted by molar-refractivity contribution is -0.0662. The second kappa shape index (κ2) is 4.18. The summed E-state index contributed by atoms with van der Waals surface area (Å²) in [7, 11) is 0. The van der Waals surface area contributed by atoms with E-state index in [1.54, 1.807) is 0 Å². The standard InChI is InChI=1S/C14H20ClNO/c1-13(2)9-12(14(3,4)17-13)16-11-7-5-6-10(15)8-11/h5-8,12,16H,9H2,1-4H3. The van der Waals surface area contributed by atoms with Crippen LogP contribution in [0.3, 0.4) is 0 Å². The zero-order chi connectivity index (χ0) is 12.7. The number of nitrogens with one attached hydrogen (secondary N) is 1. The predicted octanol–water partition coefficient (Wildman–Crippen LogP) is 4.10. The van der Waals surface area contributed by atoms with Crippen LogP contribution in [0.25, 0.3) is 0 Å². The van der Waals surface area contributed by atoms with Crippen molar-refractivity contribution in [3.63, 3.8) is 0 Å². The minimum absolute atomic E-state index is 0.0697. The van der Waals surface area contributed by atoms with Gasteiger partial charge in [-0.25, -0.2) is 0 Å². The van der Waals surface area contributed by atoms with Crippen LogP contribution in [-0.4, -0.2) is 17.2 Å². The highest BCUT2D eigenvalue weighted by atomic mass is 35.5. The van der Waals surface area contributed by atoms with Gasteiger partial charge >= 0.3 is 0 Å². The molecule has 1 N–H and O–H groups in total. The summed E-state index contributed by atoms with van der Waals surface area (Å²) in [5.41, 5.74) is 0.822. The summed E-state index contributed by atoms with van der Waals surface area (Å²) in [6, 6.07) is 8.12. The van der Waals surface area contributed by atoms with E-state index in [1.807, 2.05) is 24.3 Å². The molecule has 1 unspecified atom stereocenters. The lowest BCUT2D eigenvalue weighted by Gasteiger charge is -2.28. The van der Waals surface area contributed by atoms with Gasteiger partial charge in [-0.2, -0.15) is 0 Å². The van der Waals surface area contributed by atoms with Gasteiger partial charge in [-0.05, 0) is 52.3 Å². The minimum atomic E-state index is -0.161. The largest absolute Gasteiger partial charge is 0.379 e. The van der Waals surface area contributed by atoms with Crippen LogP contribution in [0.2, 0.25) is 5.02 Å². The Morgan fingerprint density at radius 2 is 2.00 bits per heavy atom. The lowest BCUT2D eigenvalue weighted by Crippen LogP contribution is -2.38. The lowest BCUT2D eigenvalue weighted by atomic mass is 9.94. The normalized spacial score (nSPS) is 25.8. The van der Waals surface area contributed by atoms with Gasteiger partial charge in [0.1, 0.15) is 0 Å². The number of hydrogen-bond donors (Lipinski definition) is 1. The van der Waals surface area contributed by atoms with E-state index in [-0.39, 0.29) is 11.2 Å². The molecule has 0 radical (unpaired) electrons. The fourth-order valence-electron chi connectivity index (χ4n) is 2.57. The highest BCUT2D eigenvalue weighted by Crippen LogP contribution is 2.38. The molecule has 0 aromatic heterocycles. The van der Waals surface area contributed by atoms with Gasteiger partial charge in [0.05, 0.1) is 17.2 Å². The van der Waals surface area contributed by atoms with E-state index in [2.05, 4.69) is 33.0 Å². The van der Waals surface area contributed by atoms with Crippen LogP contribution in [0.15, 0.2) is 24.3 Å². The number of rotatable bonds is 2. The summed E-state index contributed by atoms with van der Waals surface area (Å²) >= 11 is 5.99. The van der Waals surface area contributed by atoms with E-state index in [9.17, 15) is 0 Å². The predicted molar refractivity (Wildman–Crippen MR) is 72.7 cm³/mol. The van der Waals surface area contributed by atoms with Gasteiger partial charge in [0.15, 0.2) is 0 Å². The molecule has 1 saturated heterocycles. The van der Waals surface area contributed by atoms with Crippen LogP contribution in [0.1, 0.15) is 34.1 Å². The van der Waals surface area contributed by atoms with Crippen molar-refractivity contribution in [1.82, 2.24) is 0 Å². The summed E-state index contributed by atoms with van der Waals surface area (Å²) in [6.45, 7) is 8.52. The van der Waals surface area contributed by atoms with Crippen LogP contribution < -0.4 is 5.32 Å². The average molecular weight is 254 g/mol. The van der Waals surface area contributed by atoms with E-state index in [0.717, 1.165) is 17.1 Å². The number of benzene rings is 1. The molecule has 1 aliphatic rings. The molecular formula is C14H20ClNO. The van der Waals surface area contributed by atoms with E-state index >= 15 is 0 Å². The van der Waals surface area contributed by atoms with Gasteiger partial charge in [-0.3, -0.25) is 0 Å². The van der Waals surface area contributed by atoms with E-state index in [4.69, 9.17) is 16.3 Å². The summed E-state index contributed by atoms with van der Waals surface area (Å²) in [5.74, 6) is 0. The Morgan fingerprint density at radius 3 is 2.53 bits per heavy atom. The fraction of sp³-hybridized carbons (Fsp3) is 0.571. The third kappa shape index (κ3) is 2.93. The third-order valence-corrected chi connectivity index (χ3v) is 3.47. The molecule has 0 aliphatic carbocycles. The van der Waals surface area contributed by atoms with Crippen LogP contribution in [0.4, 0.5) is 5.69 Å². The first-order chi connectivity index (χ1) is 7.78. The number of ether oxygens (including phenoxy) is 1. The SMILES string of the molecule is CC1(C)CC(Nc2cccc(Cl)c2)C(C)(C)O1. The highest BCUT2D eigenvalue weighted by molar-refractivity contribution is 6.30. The van der Waals surface area contributed by atoms with E-state index in [1.165, 1.54) is 0 Å². The zero-order valence-corrected chi connectivity index (χ0v) is 11.6. The fourth-order valence-corrected chi connectivity index (χ4v) is 2.76. The number of hydrogen-bond acceptors (Lipinski definition) is 2. The number of anilines is 1. The molecule has 1 heterocycles. The Balaban J connectivity index is 2.14. The molecular weight excluding hydrogens is 234 g/mol. The molecule has 2 rings (SSSR count). The average Bonchev–Trinajstić information content (AvgIpc) is 2.34. The molecule has 0 amide bonds. The van der Waals surface area contributed by atoms with Gasteiger partial charge in [0.2, 0.25) is 0 Å². The van der Waals surface area contributed by atoms with E-state index < -0.39 is 0 Å². The Bertz CT molecular complexity index is 414. The Kier molecular flexibility index (Phi) is 3.13. The van der Waals surface area contributed by atoms with E-state index in [0.29, 0.717) is 6.04 Å². The number of halogens is 1. The van der Waals surface area contributed by atoms with Crippen LogP contribution in [0.5, 0.6) is 0 Å². The molecule has 0 spiro atoms. The molecule has 1 aromatic carbocycles. The van der Waals surface area contributed by atoms with Crippen molar-refractivity contribution in [3.8, 4) is 0 Å². The minimum Gasteiger partial charge on any atom is -0.379 e. The second-order valence-electron chi connectivity index (χ2n) is 5.88. The maximum Gasteiger partial charge on any atom is 0.0834 e. The Hall–Kier alpha value is -0.730. The molecule has 3 heteroatoms. The summed E-state index contributed by atoms with van der Waals surface area (Å²) < 4.78 is 6.06. The van der Waals surface area contributed by atoms with Crippen LogP contribution >= 0.6 is 11.6 Å². The van der Waals surface area contributed by atoms with Crippen molar-refractivity contribution in [2.45, 2.75) is 51.4 Å². The third-order valence-electron chi connectivity index (χ3n) is 3.24. The first-order valence-electron chi connectivity index (χ1n) is 6.01. The van der Waals surface area contributed by atoms with Crippen molar-refractivity contribution in [2.75, 3.05) is 5.32 Å². The summed E-state index contributed by atoms with van der Waals surface area (Å²) in [5, 5.41) is 4.27. The highest BCUT2D eigenvalue weighted by Gasteiger charge is 2.45. The molecule has 94 valence electrons. The molecule has 1 aliphatic heterocycles. The molecule has 1 fully saturated rings. The van der Waals surface area contributed by atoms with Crippen molar-refractivity contribution in [2.24, 2.45) is 0 Å². The van der Waals surface area contributed by atoms with Gasteiger partial charge in [0.25, 0.3) is 0 Å². The first-order valence-corrected chi connectivity index (χ1v) is 6.39. The quantitative estimate of drug-likeness (QED) is 0.857. The van der Waals surface area contributed by atoms with Crippen molar-refractivity contribution >= 4 is 17.3 Å². The monoisotopic (exact) mass is 253 g/mol.